The molecule has 0 bridgehead atoms. The van der Waals surface area contributed by atoms with Crippen molar-refractivity contribution in [2.24, 2.45) is 0 Å². The van der Waals surface area contributed by atoms with E-state index in [0.717, 1.165) is 20.8 Å². The SMILES string of the molecule is CC(=O)Oc1c(Cl)c(C(Cl)(Cl)Cl)[nH]c(=O)c1Cl.CC(=O)Oc1nc(C(Cl)(Cl)Cl)c(Cl)c(OC(C)=O)c1Cl.COc1nc(C(Cl)(Cl)Cl)c(Cl)c(OC(C)=O)c1Cl. The lowest BCUT2D eigenvalue weighted by Crippen LogP contribution is -2.18. The van der Waals surface area contributed by atoms with Crippen LogP contribution in [0.15, 0.2) is 4.79 Å². The summed E-state index contributed by atoms with van der Waals surface area (Å²) in [7, 11) is 1.31. The van der Waals surface area contributed by atoms with Crippen molar-refractivity contribution in [3.63, 3.8) is 0 Å². The van der Waals surface area contributed by atoms with E-state index in [1.807, 2.05) is 0 Å². The highest BCUT2D eigenvalue weighted by Crippen LogP contribution is 2.50. The number of carbonyl (C=O) groups excluding carboxylic acids is 4. The van der Waals surface area contributed by atoms with Gasteiger partial charge in [0.1, 0.15) is 41.5 Å². The number of nitrogens with one attached hydrogen (secondary N) is 1. The summed E-state index contributed by atoms with van der Waals surface area (Å²) < 4.78 is 18.1. The van der Waals surface area contributed by atoms with E-state index in [2.05, 4.69) is 15.0 Å². The molecule has 3 heterocycles. The summed E-state index contributed by atoms with van der Waals surface area (Å²) in [4.78, 5) is 65.1. The van der Waals surface area contributed by atoms with E-state index >= 15 is 0 Å². The van der Waals surface area contributed by atoms with Crippen LogP contribution in [0.4, 0.5) is 0 Å². The van der Waals surface area contributed by atoms with Gasteiger partial charge in [0.2, 0.25) is 23.1 Å². The predicted molar refractivity (Wildman–Crippen MR) is 215 cm³/mol. The Morgan fingerprint density at radius 2 is 0.818 bits per heavy atom. The molecule has 0 saturated heterocycles. The fraction of sp³-hybridized carbons (Fsp3) is 0.296. The molecule has 0 aliphatic carbocycles. The Hall–Kier alpha value is -0.720. The summed E-state index contributed by atoms with van der Waals surface area (Å²) >= 11 is 86.1. The molecule has 13 nitrogen and oxygen atoms in total. The first-order valence-electron chi connectivity index (χ1n) is 13.2. The normalized spacial score (nSPS) is 11.3. The number of halogens is 15. The van der Waals surface area contributed by atoms with Crippen molar-refractivity contribution < 1.29 is 42.9 Å². The minimum Gasteiger partial charge on any atom is -0.480 e. The molecule has 3 rings (SSSR count). The molecule has 0 atom stereocenters. The number of hydrogen-bond donors (Lipinski definition) is 1. The third kappa shape index (κ3) is 15.4. The van der Waals surface area contributed by atoms with E-state index in [9.17, 15) is 24.0 Å². The second kappa shape index (κ2) is 21.5. The largest absolute Gasteiger partial charge is 0.480 e. The molecule has 0 fully saturated rings. The molecule has 0 aliphatic heterocycles. The van der Waals surface area contributed by atoms with Crippen LogP contribution in [-0.4, -0.2) is 45.9 Å². The van der Waals surface area contributed by atoms with Crippen LogP contribution in [0.3, 0.4) is 0 Å². The first-order valence-corrected chi connectivity index (χ1v) is 18.9. The number of ether oxygens (including phenoxy) is 5. The number of alkyl halides is 9. The van der Waals surface area contributed by atoms with E-state index in [1.54, 1.807) is 0 Å². The molecule has 0 amide bonds. The smallest absolute Gasteiger partial charge is 0.309 e. The molecule has 55 heavy (non-hydrogen) atoms. The Balaban J connectivity index is 0.000000414. The Labute approximate surface area is 385 Å². The summed E-state index contributed by atoms with van der Waals surface area (Å²) in [5.41, 5.74) is -1.45. The summed E-state index contributed by atoms with van der Waals surface area (Å²) in [6.45, 7) is 4.53. The molecule has 304 valence electrons. The Bertz CT molecular complexity index is 2030. The van der Waals surface area contributed by atoms with Crippen LogP contribution in [0.25, 0.3) is 0 Å². The van der Waals surface area contributed by atoms with Gasteiger partial charge in [-0.3, -0.25) is 24.0 Å². The highest BCUT2D eigenvalue weighted by atomic mass is 35.6. The first-order chi connectivity index (χ1) is 24.9. The Kier molecular flexibility index (Phi) is 20.5. The molecule has 3 aromatic rings. The molecular weight excluding hydrogens is 1060 g/mol. The van der Waals surface area contributed by atoms with Crippen LogP contribution in [-0.2, 0) is 30.6 Å². The van der Waals surface area contributed by atoms with Crippen LogP contribution in [0.2, 0.25) is 30.1 Å². The summed E-state index contributed by atoms with van der Waals surface area (Å²) in [6.07, 6.45) is 0. The second-order valence-corrected chi connectivity index (χ2v) is 18.4. The molecule has 3 aromatic heterocycles. The van der Waals surface area contributed by atoms with Gasteiger partial charge in [-0.2, -0.15) is 0 Å². The number of rotatable bonds is 5. The average Bonchev–Trinajstić information content (AvgIpc) is 3.01. The lowest BCUT2D eigenvalue weighted by atomic mass is 10.3. The van der Waals surface area contributed by atoms with Gasteiger partial charge in [-0.15, -0.1) is 0 Å². The number of hydrogen-bond acceptors (Lipinski definition) is 12. The number of H-pyrrole nitrogens is 1. The molecule has 1 N–H and O–H groups in total. The molecule has 0 unspecified atom stereocenters. The van der Waals surface area contributed by atoms with Crippen molar-refractivity contribution in [1.29, 1.82) is 0 Å². The summed E-state index contributed by atoms with van der Waals surface area (Å²) in [6, 6.07) is 0. The van der Waals surface area contributed by atoms with Crippen LogP contribution < -0.4 is 29.2 Å². The quantitative estimate of drug-likeness (QED) is 0.190. The zero-order valence-electron chi connectivity index (χ0n) is 27.1. The van der Waals surface area contributed by atoms with Gasteiger partial charge < -0.3 is 28.7 Å². The van der Waals surface area contributed by atoms with Crippen molar-refractivity contribution in [3.8, 4) is 29.0 Å². The van der Waals surface area contributed by atoms with E-state index in [4.69, 9.17) is 198 Å². The van der Waals surface area contributed by atoms with Crippen molar-refractivity contribution in [2.75, 3.05) is 7.11 Å². The van der Waals surface area contributed by atoms with Crippen molar-refractivity contribution >= 4 is 198 Å². The molecule has 0 aliphatic rings. The standard InChI is InChI=1S/C10H6Cl5NO4.C9H6Cl5NO3.C8H4Cl5NO3/c1-3(17)19-7-5(11)8(10(13,14)15)16-9(6(7)12)20-4(2)18;1-3(16)18-6-4(10)7(9(12,13)14)15-8(17-2)5(6)11;1-2(15)17-5-3(9)6(8(11,12)13)14-7(16)4(5)10/h1-2H3;1-2H3;1H3,(H,14,16). The fourth-order valence-corrected chi connectivity index (χ4v) is 6.58. The number of esters is 4. The molecular formula is C27H16Cl15N3O10. The van der Waals surface area contributed by atoms with E-state index in [1.165, 1.54) is 14.0 Å². The third-order valence-electron chi connectivity index (χ3n) is 5.06. The molecule has 0 radical (unpaired) electrons. The van der Waals surface area contributed by atoms with Gasteiger partial charge in [0.25, 0.3) is 5.56 Å². The second-order valence-electron chi connectivity index (χ2n) is 9.30. The van der Waals surface area contributed by atoms with E-state index in [0.29, 0.717) is 0 Å². The number of aromatic amines is 1. The minimum absolute atomic E-state index is 0.0707. The number of aromatic nitrogens is 3. The maximum atomic E-state index is 11.4. The highest BCUT2D eigenvalue weighted by molar-refractivity contribution is 6.68. The Morgan fingerprint density at radius 1 is 0.491 bits per heavy atom. The van der Waals surface area contributed by atoms with Crippen LogP contribution in [0.1, 0.15) is 44.8 Å². The van der Waals surface area contributed by atoms with Crippen LogP contribution >= 0.6 is 174 Å². The highest BCUT2D eigenvalue weighted by Gasteiger charge is 2.35. The number of nitrogens with zero attached hydrogens (tertiary/aromatic N) is 2. The molecule has 0 saturated carbocycles. The zero-order chi connectivity index (χ0) is 43.1. The van der Waals surface area contributed by atoms with Gasteiger partial charge in [0.15, 0.2) is 17.2 Å². The lowest BCUT2D eigenvalue weighted by Gasteiger charge is -2.17. The molecule has 0 aromatic carbocycles. The summed E-state index contributed by atoms with van der Waals surface area (Å²) in [5.74, 6) is -4.06. The van der Waals surface area contributed by atoms with Gasteiger partial charge in [-0.1, -0.05) is 174 Å². The first kappa shape index (κ1) is 52.3. The summed E-state index contributed by atoms with van der Waals surface area (Å²) in [5, 5.41) is -1.47. The van der Waals surface area contributed by atoms with Gasteiger partial charge in [-0.25, -0.2) is 9.97 Å². The monoisotopic (exact) mass is 1070 g/mol. The number of carbonyl (C=O) groups is 4. The average molecular weight is 1070 g/mol. The van der Waals surface area contributed by atoms with Crippen molar-refractivity contribution in [1.82, 2.24) is 15.0 Å². The predicted octanol–water partition coefficient (Wildman–Crippen LogP) is 11.6. The van der Waals surface area contributed by atoms with E-state index in [-0.39, 0.29) is 71.2 Å². The molecule has 0 spiro atoms. The topological polar surface area (TPSA) is 173 Å². The van der Waals surface area contributed by atoms with Gasteiger partial charge >= 0.3 is 23.9 Å². The minimum atomic E-state index is -2.04. The maximum absolute atomic E-state index is 11.4. The van der Waals surface area contributed by atoms with Crippen LogP contribution in [0, 0.1) is 0 Å². The molecule has 28 heteroatoms. The van der Waals surface area contributed by atoms with E-state index < -0.39 is 45.8 Å². The van der Waals surface area contributed by atoms with Crippen LogP contribution in [0.5, 0.6) is 29.0 Å². The Morgan fingerprint density at radius 3 is 1.13 bits per heavy atom. The van der Waals surface area contributed by atoms with Crippen molar-refractivity contribution in [3.05, 3.63) is 57.6 Å². The van der Waals surface area contributed by atoms with Gasteiger partial charge in [0, 0.05) is 27.7 Å². The van der Waals surface area contributed by atoms with Gasteiger partial charge in [-0.05, 0) is 0 Å². The lowest BCUT2D eigenvalue weighted by molar-refractivity contribution is -0.133. The maximum Gasteiger partial charge on any atom is 0.309 e. The number of pyridine rings is 3. The van der Waals surface area contributed by atoms with Gasteiger partial charge in [0.05, 0.1) is 12.8 Å². The third-order valence-corrected chi connectivity index (χ3v) is 8.78. The number of methoxy groups -OCH3 is 1. The van der Waals surface area contributed by atoms with Crippen molar-refractivity contribution in [2.45, 2.75) is 39.1 Å². The fourth-order valence-electron chi connectivity index (χ4n) is 3.15. The zero-order valence-corrected chi connectivity index (χ0v) is 38.5.